The lowest BCUT2D eigenvalue weighted by atomic mass is 10.1. The summed E-state index contributed by atoms with van der Waals surface area (Å²) in [5, 5.41) is 6.77. The van der Waals surface area contributed by atoms with Crippen LogP contribution < -0.4 is 15.4 Å². The van der Waals surface area contributed by atoms with Crippen LogP contribution in [0.5, 0.6) is 5.75 Å². The van der Waals surface area contributed by atoms with Crippen LogP contribution in [0.3, 0.4) is 0 Å². The van der Waals surface area contributed by atoms with Gasteiger partial charge < -0.3 is 20.3 Å². The number of benzene rings is 2. The number of para-hydroxylation sites is 1. The lowest BCUT2D eigenvalue weighted by Crippen LogP contribution is -2.44. The number of hydrogen-bond acceptors (Lipinski definition) is 3. The number of ether oxygens (including phenoxy) is 1. The molecule has 0 radical (unpaired) electrons. The van der Waals surface area contributed by atoms with Gasteiger partial charge in [-0.15, -0.1) is 24.0 Å². The van der Waals surface area contributed by atoms with E-state index in [9.17, 15) is 4.79 Å². The Labute approximate surface area is 196 Å². The van der Waals surface area contributed by atoms with E-state index in [1.807, 2.05) is 42.2 Å². The fourth-order valence-electron chi connectivity index (χ4n) is 3.34. The third-order valence-electron chi connectivity index (χ3n) is 5.04. The van der Waals surface area contributed by atoms with E-state index in [0.29, 0.717) is 19.6 Å². The van der Waals surface area contributed by atoms with Crippen LogP contribution in [0.1, 0.15) is 30.9 Å². The summed E-state index contributed by atoms with van der Waals surface area (Å²) < 4.78 is 5.78. The largest absolute Gasteiger partial charge is 0.489 e. The minimum atomic E-state index is 0. The molecular formula is C23H31IN4O2. The molecule has 1 atom stereocenters. The van der Waals surface area contributed by atoms with Gasteiger partial charge in [0.2, 0.25) is 5.91 Å². The Hall–Kier alpha value is -2.29. The van der Waals surface area contributed by atoms with Crippen LogP contribution in [-0.2, 0) is 17.9 Å². The molecule has 0 spiro atoms. The standard InChI is InChI=1S/C23H30N4O2.HI/c1-3-22(28)27-14-13-20(16-27)26-23(24-2)25-15-18-9-11-19(12-10-18)17-29-21-7-5-4-6-8-21;/h4-12,20H,3,13-17H2,1-2H3,(H2,24,25,26);1H. The zero-order valence-corrected chi connectivity index (χ0v) is 20.0. The molecular weight excluding hydrogens is 491 g/mol. The Balaban J connectivity index is 0.00000320. The Kier molecular flexibility index (Phi) is 9.93. The number of rotatable bonds is 7. The van der Waals surface area contributed by atoms with Crippen molar-refractivity contribution < 1.29 is 9.53 Å². The minimum absolute atomic E-state index is 0. The number of carbonyl (C=O) groups excluding carboxylic acids is 1. The molecule has 3 rings (SSSR count). The summed E-state index contributed by atoms with van der Waals surface area (Å²) in [5.41, 5.74) is 2.30. The Morgan fingerprint density at radius 1 is 1.13 bits per heavy atom. The van der Waals surface area contributed by atoms with Crippen LogP contribution in [0.2, 0.25) is 0 Å². The zero-order valence-electron chi connectivity index (χ0n) is 17.6. The number of hydrogen-bond donors (Lipinski definition) is 2. The molecule has 2 N–H and O–H groups in total. The molecule has 1 unspecified atom stereocenters. The van der Waals surface area contributed by atoms with Gasteiger partial charge in [0, 0.05) is 39.1 Å². The van der Waals surface area contributed by atoms with Gasteiger partial charge in [-0.25, -0.2) is 0 Å². The monoisotopic (exact) mass is 522 g/mol. The summed E-state index contributed by atoms with van der Waals surface area (Å²) in [5.74, 6) is 1.85. The van der Waals surface area contributed by atoms with Gasteiger partial charge >= 0.3 is 0 Å². The maximum Gasteiger partial charge on any atom is 0.222 e. The third-order valence-corrected chi connectivity index (χ3v) is 5.04. The molecule has 162 valence electrons. The fraction of sp³-hybridized carbons (Fsp3) is 0.391. The number of nitrogens with one attached hydrogen (secondary N) is 2. The normalized spacial score (nSPS) is 16.0. The van der Waals surface area contributed by atoms with Gasteiger partial charge in [0.1, 0.15) is 12.4 Å². The SMILES string of the molecule is CCC(=O)N1CCC(NC(=NC)NCc2ccc(COc3ccccc3)cc2)C1.I. The highest BCUT2D eigenvalue weighted by atomic mass is 127. The van der Waals surface area contributed by atoms with Gasteiger partial charge in [0.05, 0.1) is 0 Å². The Morgan fingerprint density at radius 2 is 1.83 bits per heavy atom. The van der Waals surface area contributed by atoms with E-state index in [4.69, 9.17) is 4.74 Å². The summed E-state index contributed by atoms with van der Waals surface area (Å²) in [6.07, 6.45) is 1.51. The summed E-state index contributed by atoms with van der Waals surface area (Å²) in [6.45, 7) is 4.69. The van der Waals surface area contributed by atoms with E-state index in [1.54, 1.807) is 7.05 Å². The molecule has 1 aliphatic heterocycles. The molecule has 0 bridgehead atoms. The van der Waals surface area contributed by atoms with Gasteiger partial charge in [-0.05, 0) is 29.7 Å². The smallest absolute Gasteiger partial charge is 0.222 e. The highest BCUT2D eigenvalue weighted by Gasteiger charge is 2.25. The van der Waals surface area contributed by atoms with Crippen molar-refractivity contribution in [2.24, 2.45) is 4.99 Å². The molecule has 0 aromatic heterocycles. The predicted octanol–water partition coefficient (Wildman–Crippen LogP) is 3.56. The first kappa shape index (κ1) is 24.0. The molecule has 6 nitrogen and oxygen atoms in total. The van der Waals surface area contributed by atoms with Crippen LogP contribution in [0.4, 0.5) is 0 Å². The lowest BCUT2D eigenvalue weighted by molar-refractivity contribution is -0.129. The second-order valence-corrected chi connectivity index (χ2v) is 7.17. The molecule has 1 fully saturated rings. The number of amides is 1. The number of halogens is 1. The average Bonchev–Trinajstić information content (AvgIpc) is 3.24. The summed E-state index contributed by atoms with van der Waals surface area (Å²) in [6, 6.07) is 18.4. The van der Waals surface area contributed by atoms with Gasteiger partial charge in [-0.1, -0.05) is 49.4 Å². The van der Waals surface area contributed by atoms with Gasteiger partial charge in [-0.2, -0.15) is 0 Å². The van der Waals surface area contributed by atoms with Crippen molar-refractivity contribution in [3.05, 3.63) is 65.7 Å². The Bertz CT molecular complexity index is 812. The number of aliphatic imine (C=N–C) groups is 1. The van der Waals surface area contributed by atoms with E-state index in [-0.39, 0.29) is 35.9 Å². The van der Waals surface area contributed by atoms with Crippen molar-refractivity contribution in [2.45, 2.75) is 39.0 Å². The number of nitrogens with zero attached hydrogens (tertiary/aromatic N) is 2. The summed E-state index contributed by atoms with van der Waals surface area (Å²) in [4.78, 5) is 18.0. The summed E-state index contributed by atoms with van der Waals surface area (Å²) >= 11 is 0. The molecule has 0 aliphatic carbocycles. The number of guanidine groups is 1. The number of carbonyl (C=O) groups is 1. The molecule has 2 aromatic rings. The fourth-order valence-corrected chi connectivity index (χ4v) is 3.34. The predicted molar refractivity (Wildman–Crippen MR) is 131 cm³/mol. The van der Waals surface area contributed by atoms with Crippen LogP contribution in [0, 0.1) is 0 Å². The third kappa shape index (κ3) is 7.19. The van der Waals surface area contributed by atoms with Crippen LogP contribution >= 0.6 is 24.0 Å². The van der Waals surface area contributed by atoms with E-state index < -0.39 is 0 Å². The van der Waals surface area contributed by atoms with E-state index in [2.05, 4.69) is 39.9 Å². The Morgan fingerprint density at radius 3 is 2.50 bits per heavy atom. The van der Waals surface area contributed by atoms with E-state index >= 15 is 0 Å². The maximum absolute atomic E-state index is 11.8. The van der Waals surface area contributed by atoms with Gasteiger partial charge in [0.25, 0.3) is 0 Å². The van der Waals surface area contributed by atoms with Crippen LogP contribution in [0.25, 0.3) is 0 Å². The quantitative estimate of drug-likeness (QED) is 0.332. The van der Waals surface area contributed by atoms with Crippen molar-refractivity contribution in [1.82, 2.24) is 15.5 Å². The first-order chi connectivity index (χ1) is 14.2. The second kappa shape index (κ2) is 12.4. The van der Waals surface area contributed by atoms with E-state index in [1.165, 1.54) is 5.56 Å². The van der Waals surface area contributed by atoms with Gasteiger partial charge in [0.15, 0.2) is 5.96 Å². The first-order valence-electron chi connectivity index (χ1n) is 10.2. The molecule has 0 saturated carbocycles. The first-order valence-corrected chi connectivity index (χ1v) is 10.2. The average molecular weight is 522 g/mol. The highest BCUT2D eigenvalue weighted by molar-refractivity contribution is 14.0. The van der Waals surface area contributed by atoms with Crippen molar-refractivity contribution in [2.75, 3.05) is 20.1 Å². The topological polar surface area (TPSA) is 66.0 Å². The van der Waals surface area contributed by atoms with Crippen molar-refractivity contribution in [3.63, 3.8) is 0 Å². The van der Waals surface area contributed by atoms with E-state index in [0.717, 1.165) is 36.8 Å². The number of likely N-dealkylation sites (tertiary alicyclic amines) is 1. The molecule has 7 heteroatoms. The zero-order chi connectivity index (χ0) is 20.5. The molecule has 1 heterocycles. The minimum Gasteiger partial charge on any atom is -0.489 e. The highest BCUT2D eigenvalue weighted by Crippen LogP contribution is 2.13. The van der Waals surface area contributed by atoms with Crippen LogP contribution in [0.15, 0.2) is 59.6 Å². The van der Waals surface area contributed by atoms with Crippen molar-refractivity contribution >= 4 is 35.8 Å². The van der Waals surface area contributed by atoms with Crippen molar-refractivity contribution in [3.8, 4) is 5.75 Å². The van der Waals surface area contributed by atoms with Crippen molar-refractivity contribution in [1.29, 1.82) is 0 Å². The second-order valence-electron chi connectivity index (χ2n) is 7.17. The van der Waals surface area contributed by atoms with Gasteiger partial charge in [-0.3, -0.25) is 9.79 Å². The van der Waals surface area contributed by atoms with Crippen LogP contribution in [-0.4, -0.2) is 42.9 Å². The molecule has 30 heavy (non-hydrogen) atoms. The lowest BCUT2D eigenvalue weighted by Gasteiger charge is -2.18. The molecule has 2 aromatic carbocycles. The molecule has 1 aliphatic rings. The summed E-state index contributed by atoms with van der Waals surface area (Å²) in [7, 11) is 1.77. The maximum atomic E-state index is 11.8. The molecule has 1 amide bonds. The molecule has 1 saturated heterocycles.